The van der Waals surface area contributed by atoms with E-state index in [9.17, 15) is 10.1 Å². The highest BCUT2D eigenvalue weighted by molar-refractivity contribution is 6.33. The molecule has 1 aromatic heterocycles. The van der Waals surface area contributed by atoms with Crippen LogP contribution in [0.5, 0.6) is 0 Å². The average molecular weight is 281 g/mol. The summed E-state index contributed by atoms with van der Waals surface area (Å²) in [6.07, 6.45) is 0. The van der Waals surface area contributed by atoms with Crippen LogP contribution >= 0.6 is 11.6 Å². The predicted molar refractivity (Wildman–Crippen MR) is 73.6 cm³/mol. The molecule has 0 radical (unpaired) electrons. The molecule has 1 unspecified atom stereocenters. The fourth-order valence-electron chi connectivity index (χ4n) is 1.81. The molecule has 0 aliphatic carbocycles. The molecular weight excluding hydrogens is 268 g/mol. The number of benzene rings is 1. The van der Waals surface area contributed by atoms with Gasteiger partial charge in [0.25, 0.3) is 0 Å². The molecule has 0 aliphatic rings. The Morgan fingerprint density at radius 1 is 1.37 bits per heavy atom. The lowest BCUT2D eigenvalue weighted by Gasteiger charge is -2.13. The molecule has 6 heteroatoms. The van der Waals surface area contributed by atoms with Gasteiger partial charge in [-0.15, -0.1) is 0 Å². The zero-order chi connectivity index (χ0) is 14.0. The summed E-state index contributed by atoms with van der Waals surface area (Å²) in [7, 11) is 0. The minimum atomic E-state index is -0.495. The van der Waals surface area contributed by atoms with Crippen LogP contribution in [0.25, 0.3) is 0 Å². The number of anilines is 1. The first-order chi connectivity index (χ1) is 8.99. The quantitative estimate of drug-likeness (QED) is 0.669. The molecule has 0 spiro atoms. The smallest absolute Gasteiger partial charge is 0.310 e. The highest BCUT2D eigenvalue weighted by Crippen LogP contribution is 2.34. The molecule has 0 fully saturated rings. The number of aryl methyl sites for hydroxylation is 1. The van der Waals surface area contributed by atoms with E-state index < -0.39 is 4.92 Å². The van der Waals surface area contributed by atoms with Gasteiger partial charge in [0.1, 0.15) is 22.2 Å². The molecule has 19 heavy (non-hydrogen) atoms. The van der Waals surface area contributed by atoms with Crippen molar-refractivity contribution in [3.63, 3.8) is 0 Å². The monoisotopic (exact) mass is 280 g/mol. The fourth-order valence-corrected chi connectivity index (χ4v) is 2.05. The Morgan fingerprint density at radius 2 is 2.11 bits per heavy atom. The zero-order valence-electron chi connectivity index (χ0n) is 10.5. The number of hydrogen-bond acceptors (Lipinski definition) is 4. The van der Waals surface area contributed by atoms with Crippen LogP contribution in [0.4, 0.5) is 11.4 Å². The predicted octanol–water partition coefficient (Wildman–Crippen LogP) is 4.32. The van der Waals surface area contributed by atoms with Crippen molar-refractivity contribution in [2.75, 3.05) is 5.32 Å². The van der Waals surface area contributed by atoms with E-state index in [1.807, 2.05) is 26.0 Å². The third kappa shape index (κ3) is 2.88. The van der Waals surface area contributed by atoms with E-state index in [1.54, 1.807) is 12.1 Å². The fraction of sp³-hybridized carbons (Fsp3) is 0.231. The van der Waals surface area contributed by atoms with E-state index in [0.29, 0.717) is 11.4 Å². The van der Waals surface area contributed by atoms with Gasteiger partial charge >= 0.3 is 5.69 Å². The lowest BCUT2D eigenvalue weighted by Crippen LogP contribution is -2.07. The number of nitrogens with zero attached hydrogens (tertiary/aromatic N) is 1. The van der Waals surface area contributed by atoms with Crippen molar-refractivity contribution < 1.29 is 9.34 Å². The van der Waals surface area contributed by atoms with E-state index in [4.69, 9.17) is 16.0 Å². The van der Waals surface area contributed by atoms with E-state index in [1.165, 1.54) is 6.07 Å². The van der Waals surface area contributed by atoms with Crippen LogP contribution < -0.4 is 5.32 Å². The number of para-hydroxylation sites is 1. The largest absolute Gasteiger partial charge is 0.464 e. The maximum Gasteiger partial charge on any atom is 0.310 e. The molecule has 1 aromatic carbocycles. The summed E-state index contributed by atoms with van der Waals surface area (Å²) in [5.74, 6) is 1.51. The van der Waals surface area contributed by atoms with Crippen molar-refractivity contribution in [2.24, 2.45) is 0 Å². The van der Waals surface area contributed by atoms with Crippen molar-refractivity contribution in [3.8, 4) is 0 Å². The molecule has 0 saturated heterocycles. The second kappa shape index (κ2) is 5.32. The third-order valence-corrected chi connectivity index (χ3v) is 3.03. The average Bonchev–Trinajstić information content (AvgIpc) is 2.75. The SMILES string of the molecule is Cc1ccc(C(C)Nc2cccc(Cl)c2[N+](=O)[O-])o1. The molecule has 100 valence electrons. The van der Waals surface area contributed by atoms with Crippen molar-refractivity contribution in [1.29, 1.82) is 0 Å². The number of hydrogen-bond donors (Lipinski definition) is 1. The first-order valence-corrected chi connectivity index (χ1v) is 6.12. The van der Waals surface area contributed by atoms with E-state index >= 15 is 0 Å². The van der Waals surface area contributed by atoms with Crippen LogP contribution in [0.15, 0.2) is 34.7 Å². The number of furan rings is 1. The summed E-state index contributed by atoms with van der Waals surface area (Å²) in [4.78, 5) is 10.5. The molecule has 0 saturated carbocycles. The number of nitrogens with one attached hydrogen (secondary N) is 1. The Bertz CT molecular complexity index is 610. The summed E-state index contributed by atoms with van der Waals surface area (Å²) >= 11 is 5.85. The first kappa shape index (κ1) is 13.4. The van der Waals surface area contributed by atoms with Gasteiger partial charge in [-0.05, 0) is 38.1 Å². The van der Waals surface area contributed by atoms with Gasteiger partial charge in [-0.3, -0.25) is 10.1 Å². The first-order valence-electron chi connectivity index (χ1n) is 5.75. The molecule has 1 atom stereocenters. The molecule has 1 N–H and O–H groups in total. The third-order valence-electron chi connectivity index (χ3n) is 2.73. The highest BCUT2D eigenvalue weighted by Gasteiger charge is 2.20. The Labute approximate surface area is 115 Å². The molecule has 1 heterocycles. The Morgan fingerprint density at radius 3 is 2.68 bits per heavy atom. The standard InChI is InChI=1S/C13H13ClN2O3/c1-8-6-7-12(19-8)9(2)15-11-5-3-4-10(14)13(11)16(17)18/h3-7,9,15H,1-2H3. The Hall–Kier alpha value is -2.01. The summed E-state index contributed by atoms with van der Waals surface area (Å²) < 4.78 is 5.48. The van der Waals surface area contributed by atoms with Gasteiger partial charge in [0.2, 0.25) is 0 Å². The van der Waals surface area contributed by atoms with Gasteiger partial charge in [-0.25, -0.2) is 0 Å². The summed E-state index contributed by atoms with van der Waals surface area (Å²) in [6, 6.07) is 8.27. The van der Waals surface area contributed by atoms with E-state index in [0.717, 1.165) is 5.76 Å². The second-order valence-corrected chi connectivity index (χ2v) is 4.61. The number of nitro benzene ring substituents is 1. The van der Waals surface area contributed by atoms with Gasteiger partial charge in [-0.2, -0.15) is 0 Å². The van der Waals surface area contributed by atoms with E-state index in [-0.39, 0.29) is 16.8 Å². The van der Waals surface area contributed by atoms with Crippen LogP contribution in [0, 0.1) is 17.0 Å². The maximum absolute atomic E-state index is 11.0. The summed E-state index contributed by atoms with van der Waals surface area (Å²) in [5, 5.41) is 14.2. The van der Waals surface area contributed by atoms with E-state index in [2.05, 4.69) is 5.32 Å². The van der Waals surface area contributed by atoms with Crippen LogP contribution in [0.3, 0.4) is 0 Å². The van der Waals surface area contributed by atoms with Crippen molar-refractivity contribution in [1.82, 2.24) is 0 Å². The van der Waals surface area contributed by atoms with Gasteiger partial charge in [0, 0.05) is 0 Å². The topological polar surface area (TPSA) is 68.3 Å². The molecule has 2 rings (SSSR count). The van der Waals surface area contributed by atoms with Gasteiger partial charge in [0.05, 0.1) is 11.0 Å². The molecule has 2 aromatic rings. The Balaban J connectivity index is 2.28. The van der Waals surface area contributed by atoms with Gasteiger partial charge in [-0.1, -0.05) is 17.7 Å². The van der Waals surface area contributed by atoms with Crippen molar-refractivity contribution in [2.45, 2.75) is 19.9 Å². The lowest BCUT2D eigenvalue weighted by atomic mass is 10.2. The summed E-state index contributed by atoms with van der Waals surface area (Å²) in [6.45, 7) is 3.71. The van der Waals surface area contributed by atoms with Crippen LogP contribution in [-0.2, 0) is 0 Å². The molecule has 5 nitrogen and oxygen atoms in total. The normalized spacial score (nSPS) is 12.2. The van der Waals surface area contributed by atoms with Crippen LogP contribution in [-0.4, -0.2) is 4.92 Å². The maximum atomic E-state index is 11.0. The minimum Gasteiger partial charge on any atom is -0.464 e. The van der Waals surface area contributed by atoms with Crippen LogP contribution in [0.2, 0.25) is 5.02 Å². The lowest BCUT2D eigenvalue weighted by molar-refractivity contribution is -0.383. The number of nitro groups is 1. The molecular formula is C13H13ClN2O3. The second-order valence-electron chi connectivity index (χ2n) is 4.21. The summed E-state index contributed by atoms with van der Waals surface area (Å²) in [5.41, 5.74) is 0.248. The minimum absolute atomic E-state index is 0.109. The van der Waals surface area contributed by atoms with Crippen molar-refractivity contribution >= 4 is 23.0 Å². The number of halogens is 1. The zero-order valence-corrected chi connectivity index (χ0v) is 11.3. The highest BCUT2D eigenvalue weighted by atomic mass is 35.5. The molecule has 0 amide bonds. The molecule has 0 bridgehead atoms. The van der Waals surface area contributed by atoms with Crippen molar-refractivity contribution in [3.05, 3.63) is 57.0 Å². The molecule has 0 aliphatic heterocycles. The van der Waals surface area contributed by atoms with Crippen LogP contribution in [0.1, 0.15) is 24.5 Å². The Kier molecular flexibility index (Phi) is 3.76. The number of rotatable bonds is 4. The van der Waals surface area contributed by atoms with Gasteiger partial charge in [0.15, 0.2) is 0 Å². The van der Waals surface area contributed by atoms with Gasteiger partial charge < -0.3 is 9.73 Å².